The number of β-amino-alcohol motifs (C(OH)–C–C–N with tert-alkyl or cyclic N) is 1. The van der Waals surface area contributed by atoms with E-state index in [1.54, 1.807) is 35.2 Å². The number of carbonyl (C=O) groups excluding carboxylic acids is 1. The van der Waals surface area contributed by atoms with Gasteiger partial charge in [0, 0.05) is 24.0 Å². The quantitative estimate of drug-likeness (QED) is 0.625. The van der Waals surface area contributed by atoms with Crippen molar-refractivity contribution < 1.29 is 14.3 Å². The van der Waals surface area contributed by atoms with Crippen LogP contribution < -0.4 is 10.9 Å². The predicted molar refractivity (Wildman–Crippen MR) is 119 cm³/mol. The Hall–Kier alpha value is -2.96. The number of carbonyl (C=O) groups is 1. The molecule has 2 aromatic carbocycles. The van der Waals surface area contributed by atoms with Gasteiger partial charge < -0.3 is 19.7 Å². The minimum atomic E-state index is -0.508. The van der Waals surface area contributed by atoms with Crippen LogP contribution in [0.1, 0.15) is 29.6 Å². The second kappa shape index (κ2) is 7.94. The van der Waals surface area contributed by atoms with E-state index >= 15 is 0 Å². The van der Waals surface area contributed by atoms with Crippen LogP contribution in [-0.4, -0.2) is 48.2 Å². The van der Waals surface area contributed by atoms with Crippen LogP contribution in [0.4, 0.5) is 0 Å². The molecule has 2 aliphatic heterocycles. The maximum absolute atomic E-state index is 13.3. The number of fused-ring (bicyclic) bond motifs is 1. The summed E-state index contributed by atoms with van der Waals surface area (Å²) in [5.41, 5.74) is 1.70. The first kappa shape index (κ1) is 20.0. The first-order valence-corrected chi connectivity index (χ1v) is 10.8. The Bertz CT molecular complexity index is 1180. The van der Waals surface area contributed by atoms with E-state index in [1.807, 2.05) is 24.3 Å². The molecule has 2 aliphatic rings. The van der Waals surface area contributed by atoms with Crippen LogP contribution >= 0.6 is 0 Å². The number of rotatable bonds is 2. The van der Waals surface area contributed by atoms with Gasteiger partial charge in [-0.25, -0.2) is 4.79 Å². The molecule has 6 nitrogen and oxygen atoms in total. The van der Waals surface area contributed by atoms with Crippen LogP contribution in [0.3, 0.4) is 0 Å². The zero-order valence-electron chi connectivity index (χ0n) is 17.3. The van der Waals surface area contributed by atoms with Crippen molar-refractivity contribution in [2.75, 3.05) is 26.2 Å². The molecule has 1 spiro atoms. The highest BCUT2D eigenvalue weighted by molar-refractivity contribution is 5.96. The lowest BCUT2D eigenvalue weighted by molar-refractivity contribution is -0.0174. The largest absolute Gasteiger partial charge is 0.422 e. The van der Waals surface area contributed by atoms with Crippen molar-refractivity contribution in [1.82, 2.24) is 10.2 Å². The average Bonchev–Trinajstić information content (AvgIpc) is 2.78. The lowest BCUT2D eigenvalue weighted by Gasteiger charge is -2.47. The average molecular weight is 418 g/mol. The minimum absolute atomic E-state index is 0.0183. The number of piperidine rings is 2. The Labute approximate surface area is 180 Å². The maximum atomic E-state index is 13.3. The number of amides is 1. The first-order valence-electron chi connectivity index (χ1n) is 10.8. The zero-order chi connectivity index (χ0) is 21.4. The smallest absolute Gasteiger partial charge is 0.344 e. The number of nitrogens with one attached hydrogen (secondary N) is 1. The van der Waals surface area contributed by atoms with E-state index in [1.165, 1.54) is 0 Å². The molecule has 0 saturated carbocycles. The lowest BCUT2D eigenvalue weighted by Crippen LogP contribution is -2.54. The normalized spacial score (nSPS) is 20.8. The molecule has 3 aromatic rings. The van der Waals surface area contributed by atoms with Crippen LogP contribution in [0.5, 0.6) is 0 Å². The summed E-state index contributed by atoms with van der Waals surface area (Å²) in [6.07, 6.45) is 2.17. The standard InChI is InChI=1S/C25H26N2O4/c28-20-14-25(8-10-26-11-9-25)16-27(15-20)23(29)19-6-3-5-17(12-19)21-13-18-4-1-2-7-22(18)31-24(21)30/h1-7,12-13,20,26,28H,8-11,14-16H2. The SMILES string of the molecule is O=C(c1cccc(-c2cc3ccccc3oc2=O)c1)N1CC(O)CC2(CCNCC2)C1. The highest BCUT2D eigenvalue weighted by Crippen LogP contribution is 2.38. The van der Waals surface area contributed by atoms with Gasteiger partial charge in [0.2, 0.25) is 0 Å². The van der Waals surface area contributed by atoms with Gasteiger partial charge in [0.15, 0.2) is 0 Å². The topological polar surface area (TPSA) is 82.8 Å². The number of aliphatic hydroxyl groups is 1. The lowest BCUT2D eigenvalue weighted by atomic mass is 9.72. The third-order valence-corrected chi connectivity index (χ3v) is 6.64. The Kier molecular flexibility index (Phi) is 5.12. The molecular weight excluding hydrogens is 392 g/mol. The number of benzene rings is 2. The summed E-state index contributed by atoms with van der Waals surface area (Å²) in [5, 5.41) is 14.7. The second-order valence-electron chi connectivity index (χ2n) is 8.86. The fourth-order valence-electron chi connectivity index (χ4n) is 5.09. The number of likely N-dealkylation sites (tertiary alicyclic amines) is 1. The molecule has 1 aromatic heterocycles. The van der Waals surface area contributed by atoms with E-state index in [-0.39, 0.29) is 11.3 Å². The molecule has 1 amide bonds. The molecule has 2 saturated heterocycles. The molecule has 3 heterocycles. The Morgan fingerprint density at radius 2 is 1.90 bits per heavy atom. The molecule has 160 valence electrons. The molecule has 2 fully saturated rings. The van der Waals surface area contributed by atoms with Crippen LogP contribution in [0, 0.1) is 5.41 Å². The Morgan fingerprint density at radius 1 is 1.10 bits per heavy atom. The summed E-state index contributed by atoms with van der Waals surface area (Å²) in [5.74, 6) is -0.108. The molecule has 31 heavy (non-hydrogen) atoms. The van der Waals surface area contributed by atoms with Crippen molar-refractivity contribution in [1.29, 1.82) is 0 Å². The Morgan fingerprint density at radius 3 is 2.74 bits per heavy atom. The number of para-hydroxylation sites is 1. The molecule has 2 N–H and O–H groups in total. The van der Waals surface area contributed by atoms with Gasteiger partial charge in [-0.15, -0.1) is 0 Å². The second-order valence-corrected chi connectivity index (χ2v) is 8.86. The molecule has 0 bridgehead atoms. The van der Waals surface area contributed by atoms with Gasteiger partial charge >= 0.3 is 5.63 Å². The van der Waals surface area contributed by atoms with E-state index in [4.69, 9.17) is 4.42 Å². The summed E-state index contributed by atoms with van der Waals surface area (Å²) in [4.78, 5) is 27.7. The van der Waals surface area contributed by atoms with Gasteiger partial charge in [0.25, 0.3) is 5.91 Å². The van der Waals surface area contributed by atoms with Crippen molar-refractivity contribution in [3.05, 3.63) is 70.6 Å². The molecule has 0 aliphatic carbocycles. The van der Waals surface area contributed by atoms with Gasteiger partial charge in [-0.2, -0.15) is 0 Å². The van der Waals surface area contributed by atoms with Gasteiger partial charge in [-0.1, -0.05) is 30.3 Å². The van der Waals surface area contributed by atoms with Crippen LogP contribution in [0.15, 0.2) is 63.8 Å². The van der Waals surface area contributed by atoms with Gasteiger partial charge in [0.1, 0.15) is 5.58 Å². The summed E-state index contributed by atoms with van der Waals surface area (Å²) in [7, 11) is 0. The summed E-state index contributed by atoms with van der Waals surface area (Å²) < 4.78 is 5.46. The predicted octanol–water partition coefficient (Wildman–Crippen LogP) is 3.04. The number of aliphatic hydroxyl groups excluding tert-OH is 1. The molecule has 6 heteroatoms. The molecule has 0 radical (unpaired) electrons. The van der Waals surface area contributed by atoms with Crippen molar-refractivity contribution in [2.24, 2.45) is 5.41 Å². The summed E-state index contributed by atoms with van der Waals surface area (Å²) in [6, 6.07) is 16.3. The van der Waals surface area contributed by atoms with Crippen molar-refractivity contribution >= 4 is 16.9 Å². The minimum Gasteiger partial charge on any atom is -0.422 e. The highest BCUT2D eigenvalue weighted by atomic mass is 16.4. The zero-order valence-corrected chi connectivity index (χ0v) is 17.3. The third-order valence-electron chi connectivity index (χ3n) is 6.64. The number of hydrogen-bond donors (Lipinski definition) is 2. The van der Waals surface area contributed by atoms with Crippen LogP contribution in [0.25, 0.3) is 22.1 Å². The maximum Gasteiger partial charge on any atom is 0.344 e. The third kappa shape index (κ3) is 3.89. The monoisotopic (exact) mass is 418 g/mol. The molecular formula is C25H26N2O4. The molecule has 1 atom stereocenters. The summed E-state index contributed by atoms with van der Waals surface area (Å²) in [6.45, 7) is 2.84. The van der Waals surface area contributed by atoms with Crippen LogP contribution in [0.2, 0.25) is 0 Å². The van der Waals surface area contributed by atoms with E-state index in [2.05, 4.69) is 5.32 Å². The van der Waals surface area contributed by atoms with E-state index in [9.17, 15) is 14.7 Å². The van der Waals surface area contributed by atoms with Gasteiger partial charge in [-0.3, -0.25) is 4.79 Å². The fraction of sp³-hybridized carbons (Fsp3) is 0.360. The Balaban J connectivity index is 1.45. The van der Waals surface area contributed by atoms with E-state index in [0.717, 1.165) is 37.7 Å². The summed E-state index contributed by atoms with van der Waals surface area (Å²) >= 11 is 0. The number of nitrogens with zero attached hydrogens (tertiary/aromatic N) is 1. The van der Waals surface area contributed by atoms with E-state index in [0.29, 0.717) is 35.4 Å². The van der Waals surface area contributed by atoms with Crippen LogP contribution in [-0.2, 0) is 0 Å². The van der Waals surface area contributed by atoms with Crippen molar-refractivity contribution in [3.8, 4) is 11.1 Å². The fourth-order valence-corrected chi connectivity index (χ4v) is 5.09. The van der Waals surface area contributed by atoms with Gasteiger partial charge in [-0.05, 0) is 67.6 Å². The first-order chi connectivity index (χ1) is 15.0. The molecule has 5 rings (SSSR count). The molecule has 1 unspecified atom stereocenters. The van der Waals surface area contributed by atoms with Crippen molar-refractivity contribution in [3.63, 3.8) is 0 Å². The van der Waals surface area contributed by atoms with E-state index < -0.39 is 11.7 Å². The van der Waals surface area contributed by atoms with Crippen molar-refractivity contribution in [2.45, 2.75) is 25.4 Å². The van der Waals surface area contributed by atoms with Gasteiger partial charge in [0.05, 0.1) is 11.7 Å². The highest BCUT2D eigenvalue weighted by Gasteiger charge is 2.41. The number of hydrogen-bond acceptors (Lipinski definition) is 5.